The fourth-order valence-electron chi connectivity index (χ4n) is 2.66. The molecular formula is C21H18BrClN2O4. The molecule has 6 nitrogen and oxygen atoms in total. The van der Waals surface area contributed by atoms with E-state index in [0.717, 1.165) is 15.6 Å². The van der Waals surface area contributed by atoms with Crippen LogP contribution in [0.4, 0.5) is 5.69 Å². The van der Waals surface area contributed by atoms with Crippen molar-refractivity contribution < 1.29 is 19.4 Å². The molecule has 0 fully saturated rings. The molecule has 29 heavy (non-hydrogen) atoms. The first kappa shape index (κ1) is 21.0. The third-order valence-electron chi connectivity index (χ3n) is 4.09. The van der Waals surface area contributed by atoms with Crippen LogP contribution < -0.4 is 14.8 Å². The van der Waals surface area contributed by atoms with Crippen LogP contribution in [0.15, 0.2) is 59.3 Å². The summed E-state index contributed by atoms with van der Waals surface area (Å²) in [4.78, 5) is 15.1. The first-order valence-corrected chi connectivity index (χ1v) is 9.80. The predicted octanol–water partition coefficient (Wildman–Crippen LogP) is 5.40. The molecule has 0 bridgehead atoms. The van der Waals surface area contributed by atoms with E-state index in [2.05, 4.69) is 26.2 Å². The number of carbonyl (C=O) groups is 1. The van der Waals surface area contributed by atoms with Crippen LogP contribution in [0.3, 0.4) is 0 Å². The summed E-state index contributed by atoms with van der Waals surface area (Å²) in [5.74, 6) is 0.144. The van der Waals surface area contributed by atoms with Crippen molar-refractivity contribution in [3.63, 3.8) is 0 Å². The van der Waals surface area contributed by atoms with Gasteiger partial charge in [-0.15, -0.1) is 0 Å². The van der Waals surface area contributed by atoms with Crippen molar-refractivity contribution in [2.75, 3.05) is 12.4 Å². The molecule has 1 heterocycles. The Balaban J connectivity index is 1.71. The van der Waals surface area contributed by atoms with Crippen LogP contribution in [0.25, 0.3) is 0 Å². The minimum Gasteiger partial charge on any atom is -0.493 e. The highest BCUT2D eigenvalue weighted by atomic mass is 79.9. The summed E-state index contributed by atoms with van der Waals surface area (Å²) in [6, 6.07) is 12.3. The van der Waals surface area contributed by atoms with Crippen molar-refractivity contribution in [2.24, 2.45) is 0 Å². The van der Waals surface area contributed by atoms with E-state index >= 15 is 0 Å². The number of anilines is 1. The predicted molar refractivity (Wildman–Crippen MR) is 115 cm³/mol. The number of methoxy groups -OCH3 is 1. The molecule has 3 aromatic rings. The molecule has 0 unspecified atom stereocenters. The molecule has 0 aliphatic heterocycles. The number of pyridine rings is 1. The Labute approximate surface area is 181 Å². The number of rotatable bonds is 8. The molecule has 3 rings (SSSR count). The Morgan fingerprint density at radius 2 is 2.07 bits per heavy atom. The van der Waals surface area contributed by atoms with E-state index in [4.69, 9.17) is 26.2 Å². The quantitative estimate of drug-likeness (QED) is 0.452. The maximum atomic E-state index is 11.1. The molecule has 150 valence electrons. The summed E-state index contributed by atoms with van der Waals surface area (Å²) in [6.45, 7) is 0.857. The van der Waals surface area contributed by atoms with Gasteiger partial charge in [0.15, 0.2) is 11.5 Å². The molecule has 0 aliphatic carbocycles. The topological polar surface area (TPSA) is 80.7 Å². The fraction of sp³-hybridized carbons (Fsp3) is 0.143. The standard InChI is InChI=1S/C21H18BrClN2O4/c1-28-19-8-14(11-25-15-4-5-16(21(26)27)18(23)9-15)7-17(22)20(19)29-12-13-3-2-6-24-10-13/h2-10,25H,11-12H2,1H3,(H,26,27). The summed E-state index contributed by atoms with van der Waals surface area (Å²) in [7, 11) is 1.58. The SMILES string of the molecule is COc1cc(CNc2ccc(C(=O)O)c(Cl)c2)cc(Br)c1OCc1cccnc1. The minimum atomic E-state index is -1.06. The van der Waals surface area contributed by atoms with E-state index in [9.17, 15) is 4.79 Å². The van der Waals surface area contributed by atoms with Gasteiger partial charge in [-0.3, -0.25) is 4.98 Å². The number of carboxylic acid groups (broad SMARTS) is 1. The van der Waals surface area contributed by atoms with Gasteiger partial charge in [0.2, 0.25) is 0 Å². The highest BCUT2D eigenvalue weighted by molar-refractivity contribution is 9.10. The summed E-state index contributed by atoms with van der Waals surface area (Å²) >= 11 is 9.56. The second kappa shape index (κ2) is 9.62. The Kier molecular flexibility index (Phi) is 6.95. The maximum absolute atomic E-state index is 11.1. The normalized spacial score (nSPS) is 10.4. The Hall–Kier alpha value is -2.77. The van der Waals surface area contributed by atoms with Gasteiger partial charge in [0.05, 0.1) is 22.2 Å². The Morgan fingerprint density at radius 1 is 1.24 bits per heavy atom. The number of ether oxygens (including phenoxy) is 2. The zero-order valence-electron chi connectivity index (χ0n) is 15.5. The maximum Gasteiger partial charge on any atom is 0.337 e. The van der Waals surface area contributed by atoms with Crippen molar-refractivity contribution in [2.45, 2.75) is 13.2 Å². The zero-order valence-corrected chi connectivity index (χ0v) is 17.8. The van der Waals surface area contributed by atoms with Gasteiger partial charge in [0.25, 0.3) is 0 Å². The molecule has 2 N–H and O–H groups in total. The van der Waals surface area contributed by atoms with Crippen LogP contribution >= 0.6 is 27.5 Å². The lowest BCUT2D eigenvalue weighted by molar-refractivity contribution is 0.0697. The number of halogens is 2. The molecule has 0 atom stereocenters. The van der Waals surface area contributed by atoms with Crippen LogP contribution in [0.5, 0.6) is 11.5 Å². The lowest BCUT2D eigenvalue weighted by atomic mass is 10.1. The van der Waals surface area contributed by atoms with Crippen molar-refractivity contribution >= 4 is 39.2 Å². The number of benzene rings is 2. The molecule has 2 aromatic carbocycles. The number of aromatic nitrogens is 1. The number of carboxylic acids is 1. The third-order valence-corrected chi connectivity index (χ3v) is 4.99. The van der Waals surface area contributed by atoms with Gasteiger partial charge in [-0.25, -0.2) is 4.79 Å². The molecule has 0 radical (unpaired) electrons. The highest BCUT2D eigenvalue weighted by Gasteiger charge is 2.13. The van der Waals surface area contributed by atoms with Crippen LogP contribution in [0, 0.1) is 0 Å². The fourth-order valence-corrected chi connectivity index (χ4v) is 3.52. The minimum absolute atomic E-state index is 0.0664. The summed E-state index contributed by atoms with van der Waals surface area (Å²) in [5.41, 5.74) is 2.68. The molecule has 0 amide bonds. The van der Waals surface area contributed by atoms with E-state index in [-0.39, 0.29) is 10.6 Å². The largest absolute Gasteiger partial charge is 0.493 e. The lowest BCUT2D eigenvalue weighted by Crippen LogP contribution is -2.04. The van der Waals surface area contributed by atoms with Crippen LogP contribution in [0.2, 0.25) is 5.02 Å². The van der Waals surface area contributed by atoms with Crippen molar-refractivity contribution in [1.82, 2.24) is 4.98 Å². The van der Waals surface area contributed by atoms with Gasteiger partial charge in [-0.05, 0) is 57.9 Å². The monoisotopic (exact) mass is 476 g/mol. The van der Waals surface area contributed by atoms with E-state index in [1.54, 1.807) is 31.6 Å². The second-order valence-electron chi connectivity index (χ2n) is 6.11. The number of nitrogens with zero attached hydrogens (tertiary/aromatic N) is 1. The van der Waals surface area contributed by atoms with Gasteiger partial charge >= 0.3 is 5.97 Å². The number of hydrogen-bond acceptors (Lipinski definition) is 5. The average Bonchev–Trinajstić information content (AvgIpc) is 2.71. The molecule has 0 saturated carbocycles. The van der Waals surface area contributed by atoms with Crippen LogP contribution in [0.1, 0.15) is 21.5 Å². The Morgan fingerprint density at radius 3 is 2.72 bits per heavy atom. The summed E-state index contributed by atoms with van der Waals surface area (Å²) in [5, 5.41) is 12.5. The second-order valence-corrected chi connectivity index (χ2v) is 7.37. The van der Waals surface area contributed by atoms with Gasteiger partial charge in [-0.1, -0.05) is 17.7 Å². The summed E-state index contributed by atoms with van der Waals surface area (Å²) in [6.07, 6.45) is 3.46. The molecule has 1 aromatic heterocycles. The van der Waals surface area contributed by atoms with E-state index in [1.807, 2.05) is 24.3 Å². The van der Waals surface area contributed by atoms with E-state index < -0.39 is 5.97 Å². The molecule has 0 spiro atoms. The van der Waals surface area contributed by atoms with Gasteiger partial charge in [-0.2, -0.15) is 0 Å². The molecular weight excluding hydrogens is 460 g/mol. The van der Waals surface area contributed by atoms with Gasteiger partial charge in [0, 0.05) is 30.2 Å². The zero-order chi connectivity index (χ0) is 20.8. The third kappa shape index (κ3) is 5.40. The lowest BCUT2D eigenvalue weighted by Gasteiger charge is -2.15. The first-order valence-electron chi connectivity index (χ1n) is 8.62. The highest BCUT2D eigenvalue weighted by Crippen LogP contribution is 2.37. The smallest absolute Gasteiger partial charge is 0.337 e. The molecule has 0 saturated heterocycles. The summed E-state index contributed by atoms with van der Waals surface area (Å²) < 4.78 is 12.2. The number of aromatic carboxylic acids is 1. The van der Waals surface area contributed by atoms with Crippen molar-refractivity contribution in [3.05, 3.63) is 81.0 Å². The van der Waals surface area contributed by atoms with Crippen molar-refractivity contribution in [1.29, 1.82) is 0 Å². The van der Waals surface area contributed by atoms with Crippen molar-refractivity contribution in [3.8, 4) is 11.5 Å². The Bertz CT molecular complexity index is 1020. The first-order chi connectivity index (χ1) is 14.0. The van der Waals surface area contributed by atoms with Gasteiger partial charge < -0.3 is 19.9 Å². The number of hydrogen-bond donors (Lipinski definition) is 2. The van der Waals surface area contributed by atoms with Crippen LogP contribution in [-0.2, 0) is 13.2 Å². The van der Waals surface area contributed by atoms with E-state index in [1.165, 1.54) is 6.07 Å². The van der Waals surface area contributed by atoms with Gasteiger partial charge in [0.1, 0.15) is 6.61 Å². The molecule has 8 heteroatoms. The van der Waals surface area contributed by atoms with E-state index in [0.29, 0.717) is 30.3 Å². The number of nitrogens with one attached hydrogen (secondary N) is 1. The molecule has 0 aliphatic rings. The average molecular weight is 478 g/mol. The van der Waals surface area contributed by atoms with Crippen LogP contribution in [-0.4, -0.2) is 23.2 Å².